The first-order valence-electron chi connectivity index (χ1n) is 9.66. The molecule has 0 aliphatic heterocycles. The number of anilines is 2. The number of aromatic nitrogens is 5. The van der Waals surface area contributed by atoms with E-state index in [0.29, 0.717) is 17.3 Å². The van der Waals surface area contributed by atoms with Crippen LogP contribution in [0.1, 0.15) is 27.9 Å². The lowest BCUT2D eigenvalue weighted by molar-refractivity contribution is 0.0881. The normalized spacial score (nSPS) is 11.9. The number of hydrogen-bond donors (Lipinski definition) is 3. The van der Waals surface area contributed by atoms with E-state index < -0.39 is 11.9 Å². The zero-order valence-corrected chi connectivity index (χ0v) is 18.9. The lowest BCUT2D eigenvalue weighted by Crippen LogP contribution is -2.31. The van der Waals surface area contributed by atoms with E-state index in [4.69, 9.17) is 4.42 Å². The number of hydrogen-bond acceptors (Lipinski definition) is 8. The molecule has 3 aromatic heterocycles. The second-order valence-corrected chi connectivity index (χ2v) is 7.91. The van der Waals surface area contributed by atoms with E-state index in [1.165, 1.54) is 6.26 Å². The molecule has 32 heavy (non-hydrogen) atoms. The maximum absolute atomic E-state index is 12.7. The molecule has 4 rings (SSSR count). The van der Waals surface area contributed by atoms with Gasteiger partial charge in [0.1, 0.15) is 23.5 Å². The fraction of sp³-hybridized carbons (Fsp3) is 0.190. The van der Waals surface area contributed by atoms with E-state index in [2.05, 4.69) is 46.6 Å². The lowest BCUT2D eigenvalue weighted by Gasteiger charge is -2.15. The Labute approximate surface area is 191 Å². The Morgan fingerprint density at radius 2 is 2.16 bits per heavy atom. The summed E-state index contributed by atoms with van der Waals surface area (Å²) in [5, 5.41) is 19.6. The molecular formula is C21H20BrN7O3. The van der Waals surface area contributed by atoms with Gasteiger partial charge in [0.2, 0.25) is 5.95 Å². The summed E-state index contributed by atoms with van der Waals surface area (Å²) in [6.07, 6.45) is 4.68. The second-order valence-electron chi connectivity index (χ2n) is 6.99. The minimum atomic E-state index is -0.606. The van der Waals surface area contributed by atoms with Gasteiger partial charge in [-0.2, -0.15) is 5.10 Å². The third kappa shape index (κ3) is 4.68. The predicted molar refractivity (Wildman–Crippen MR) is 120 cm³/mol. The standard InChI is InChI=1S/C21H20BrN7O3/c1-12-9-23-21(27-17-6-7-24-29(17)2)28-18(12)16-11-32-20(26-16)19(31)25-15(10-30)13-4-3-5-14(22)8-13/h3-9,11,15,30H,10H2,1-2H3,(H,25,31)(H,23,27,28)/t15-/m1/s1. The Kier molecular flexibility index (Phi) is 6.28. The zero-order chi connectivity index (χ0) is 22.7. The molecule has 0 unspecified atom stereocenters. The van der Waals surface area contributed by atoms with Crippen molar-refractivity contribution in [2.75, 3.05) is 11.9 Å². The Hall–Kier alpha value is -3.57. The van der Waals surface area contributed by atoms with Crippen LogP contribution in [-0.4, -0.2) is 42.4 Å². The number of halogens is 1. The average Bonchev–Trinajstić information content (AvgIpc) is 3.43. The number of nitrogens with zero attached hydrogens (tertiary/aromatic N) is 5. The second kappa shape index (κ2) is 9.28. The summed E-state index contributed by atoms with van der Waals surface area (Å²) in [5.41, 5.74) is 2.44. The van der Waals surface area contributed by atoms with Crippen LogP contribution in [0.25, 0.3) is 11.4 Å². The van der Waals surface area contributed by atoms with Gasteiger partial charge in [-0.1, -0.05) is 28.1 Å². The Morgan fingerprint density at radius 3 is 2.88 bits per heavy atom. The van der Waals surface area contributed by atoms with Gasteiger partial charge in [-0.15, -0.1) is 0 Å². The quantitative estimate of drug-likeness (QED) is 0.354. The van der Waals surface area contributed by atoms with Crippen molar-refractivity contribution in [3.05, 3.63) is 70.5 Å². The molecule has 0 spiro atoms. The molecule has 0 bridgehead atoms. The molecule has 11 heteroatoms. The summed E-state index contributed by atoms with van der Waals surface area (Å²) in [7, 11) is 1.80. The number of aliphatic hydroxyl groups is 1. The van der Waals surface area contributed by atoms with E-state index in [9.17, 15) is 9.90 Å². The molecule has 0 saturated carbocycles. The van der Waals surface area contributed by atoms with Gasteiger partial charge >= 0.3 is 5.91 Å². The van der Waals surface area contributed by atoms with Crippen LogP contribution in [0.4, 0.5) is 11.8 Å². The molecule has 0 radical (unpaired) electrons. The summed E-state index contributed by atoms with van der Waals surface area (Å²) in [4.78, 5) is 25.7. The largest absolute Gasteiger partial charge is 0.440 e. The van der Waals surface area contributed by atoms with Crippen molar-refractivity contribution in [2.24, 2.45) is 7.05 Å². The summed E-state index contributed by atoms with van der Waals surface area (Å²) in [6.45, 7) is 1.57. The minimum absolute atomic E-state index is 0.132. The maximum atomic E-state index is 12.7. The first-order chi connectivity index (χ1) is 15.4. The topological polar surface area (TPSA) is 131 Å². The van der Waals surface area contributed by atoms with E-state index in [1.54, 1.807) is 30.2 Å². The summed E-state index contributed by atoms with van der Waals surface area (Å²) in [5.74, 6) is 0.406. The number of carbonyl (C=O) groups excluding carboxylic acids is 1. The fourth-order valence-electron chi connectivity index (χ4n) is 3.04. The van der Waals surface area contributed by atoms with Crippen LogP contribution in [-0.2, 0) is 7.05 Å². The Bertz CT molecular complexity index is 1250. The third-order valence-electron chi connectivity index (χ3n) is 4.71. The SMILES string of the molecule is Cc1cnc(Nc2ccnn2C)nc1-c1coc(C(=O)N[C@H](CO)c2cccc(Br)c2)n1. The van der Waals surface area contributed by atoms with Crippen LogP contribution >= 0.6 is 15.9 Å². The van der Waals surface area contributed by atoms with Crippen molar-refractivity contribution in [1.29, 1.82) is 0 Å². The van der Waals surface area contributed by atoms with Crippen LogP contribution in [0.3, 0.4) is 0 Å². The number of aliphatic hydroxyl groups excluding tert-OH is 1. The van der Waals surface area contributed by atoms with Crippen molar-refractivity contribution in [1.82, 2.24) is 30.0 Å². The number of benzene rings is 1. The zero-order valence-electron chi connectivity index (χ0n) is 17.3. The number of amides is 1. The molecule has 0 aliphatic rings. The first-order valence-corrected chi connectivity index (χ1v) is 10.5. The van der Waals surface area contributed by atoms with Gasteiger partial charge in [-0.25, -0.2) is 15.0 Å². The summed E-state index contributed by atoms with van der Waals surface area (Å²) < 4.78 is 7.90. The monoisotopic (exact) mass is 497 g/mol. The molecule has 4 aromatic rings. The highest BCUT2D eigenvalue weighted by Crippen LogP contribution is 2.23. The molecular weight excluding hydrogens is 478 g/mol. The molecule has 3 heterocycles. The van der Waals surface area contributed by atoms with E-state index in [1.807, 2.05) is 31.2 Å². The molecule has 3 N–H and O–H groups in total. The molecule has 0 fully saturated rings. The molecule has 1 amide bonds. The van der Waals surface area contributed by atoms with Gasteiger partial charge in [-0.05, 0) is 30.2 Å². The van der Waals surface area contributed by atoms with Crippen LogP contribution in [0.15, 0.2) is 57.9 Å². The van der Waals surface area contributed by atoms with E-state index >= 15 is 0 Å². The fourth-order valence-corrected chi connectivity index (χ4v) is 3.45. The van der Waals surface area contributed by atoms with E-state index in [0.717, 1.165) is 21.4 Å². The van der Waals surface area contributed by atoms with Crippen LogP contribution in [0.5, 0.6) is 0 Å². The van der Waals surface area contributed by atoms with Gasteiger partial charge in [0.15, 0.2) is 0 Å². The molecule has 0 aliphatic carbocycles. The average molecular weight is 498 g/mol. The summed E-state index contributed by atoms with van der Waals surface area (Å²) in [6, 6.07) is 8.51. The molecule has 10 nitrogen and oxygen atoms in total. The maximum Gasteiger partial charge on any atom is 0.307 e. The van der Waals surface area contributed by atoms with Crippen LogP contribution in [0.2, 0.25) is 0 Å². The Morgan fingerprint density at radius 1 is 1.31 bits per heavy atom. The highest BCUT2D eigenvalue weighted by Gasteiger charge is 2.21. The van der Waals surface area contributed by atoms with Crippen molar-refractivity contribution >= 4 is 33.6 Å². The number of aryl methyl sites for hydroxylation is 2. The van der Waals surface area contributed by atoms with Crippen molar-refractivity contribution in [3.63, 3.8) is 0 Å². The van der Waals surface area contributed by atoms with Crippen molar-refractivity contribution < 1.29 is 14.3 Å². The predicted octanol–water partition coefficient (Wildman–Crippen LogP) is 3.14. The van der Waals surface area contributed by atoms with Crippen molar-refractivity contribution in [3.8, 4) is 11.4 Å². The van der Waals surface area contributed by atoms with Crippen LogP contribution < -0.4 is 10.6 Å². The van der Waals surface area contributed by atoms with Crippen molar-refractivity contribution in [2.45, 2.75) is 13.0 Å². The lowest BCUT2D eigenvalue weighted by atomic mass is 10.1. The van der Waals surface area contributed by atoms with Crippen LogP contribution in [0, 0.1) is 6.92 Å². The molecule has 0 saturated heterocycles. The smallest absolute Gasteiger partial charge is 0.307 e. The highest BCUT2D eigenvalue weighted by atomic mass is 79.9. The number of carbonyl (C=O) groups is 1. The summed E-state index contributed by atoms with van der Waals surface area (Å²) >= 11 is 3.39. The number of nitrogens with one attached hydrogen (secondary N) is 2. The molecule has 1 atom stereocenters. The van der Waals surface area contributed by atoms with Gasteiger partial charge in [0, 0.05) is 23.8 Å². The number of rotatable bonds is 7. The molecule has 164 valence electrons. The molecule has 1 aromatic carbocycles. The highest BCUT2D eigenvalue weighted by molar-refractivity contribution is 9.10. The van der Waals surface area contributed by atoms with Gasteiger partial charge in [0.05, 0.1) is 18.8 Å². The third-order valence-corrected chi connectivity index (χ3v) is 5.21. The van der Waals surface area contributed by atoms with E-state index in [-0.39, 0.29) is 12.5 Å². The Balaban J connectivity index is 1.53. The van der Waals surface area contributed by atoms with Gasteiger partial charge < -0.3 is 20.2 Å². The first kappa shape index (κ1) is 21.7. The van der Waals surface area contributed by atoms with Gasteiger partial charge in [0.25, 0.3) is 5.89 Å². The minimum Gasteiger partial charge on any atom is -0.440 e. The van der Waals surface area contributed by atoms with Gasteiger partial charge in [-0.3, -0.25) is 9.48 Å². The number of oxazole rings is 1.